The van der Waals surface area contributed by atoms with Gasteiger partial charge in [0, 0.05) is 33.0 Å². The predicted octanol–water partition coefficient (Wildman–Crippen LogP) is 2.39. The molecule has 1 heterocycles. The zero-order valence-electron chi connectivity index (χ0n) is 6.10. The van der Waals surface area contributed by atoms with Gasteiger partial charge in [-0.2, -0.15) is 0 Å². The second kappa shape index (κ2) is 13.0. The smallest absolute Gasteiger partial charge is 0.0372 e. The van der Waals surface area contributed by atoms with Crippen molar-refractivity contribution in [1.82, 2.24) is 11.1 Å². The zero-order valence-corrected chi connectivity index (χ0v) is 10.0. The molecule has 70 valence electrons. The minimum atomic E-state index is 0. The van der Waals surface area contributed by atoms with E-state index in [1.807, 2.05) is 25.1 Å². The van der Waals surface area contributed by atoms with Crippen molar-refractivity contribution in [1.29, 1.82) is 0 Å². The van der Waals surface area contributed by atoms with Gasteiger partial charge in [0.2, 0.25) is 0 Å². The van der Waals surface area contributed by atoms with Gasteiger partial charge in [-0.1, -0.05) is 6.07 Å². The van der Waals surface area contributed by atoms with Crippen molar-refractivity contribution in [2.45, 2.75) is 6.92 Å². The standard InChI is InChI=1S/C6H7N.2ClH.H3N.Pt/c1-6-4-2-3-5-7-6;;;;/h2-5H,1H3;2*1H;1H3;. The van der Waals surface area contributed by atoms with Crippen LogP contribution in [0.3, 0.4) is 0 Å². The minimum absolute atomic E-state index is 0. The summed E-state index contributed by atoms with van der Waals surface area (Å²) in [4.78, 5) is 3.98. The number of rotatable bonds is 0. The monoisotopic (exact) mass is 377 g/mol. The molecule has 1 aromatic rings. The Morgan fingerprint density at radius 3 is 1.91 bits per heavy atom. The number of hydrogen-bond acceptors (Lipinski definition) is 2. The zero-order chi connectivity index (χ0) is 5.11. The second-order valence-electron chi connectivity index (χ2n) is 1.47. The third kappa shape index (κ3) is 10.4. The summed E-state index contributed by atoms with van der Waals surface area (Å²) in [6.45, 7) is 1.97. The molecule has 1 rings (SSSR count). The first-order valence-electron chi connectivity index (χ1n) is 2.27. The maximum atomic E-state index is 3.98. The van der Waals surface area contributed by atoms with Gasteiger partial charge in [0.05, 0.1) is 0 Å². The molecule has 0 aliphatic carbocycles. The molecule has 0 fully saturated rings. The fourth-order valence-corrected chi connectivity index (χ4v) is 0.448. The molecule has 0 aliphatic heterocycles. The van der Waals surface area contributed by atoms with E-state index >= 15 is 0 Å². The Morgan fingerprint density at radius 2 is 1.73 bits per heavy atom. The predicted molar refractivity (Wildman–Crippen MR) is 48.5 cm³/mol. The molecule has 0 aliphatic rings. The first kappa shape index (κ1) is 22.5. The van der Waals surface area contributed by atoms with E-state index in [9.17, 15) is 0 Å². The average Bonchev–Trinajstić information content (AvgIpc) is 1.69. The van der Waals surface area contributed by atoms with Gasteiger partial charge in [0.15, 0.2) is 0 Å². The van der Waals surface area contributed by atoms with E-state index in [0.717, 1.165) is 5.69 Å². The van der Waals surface area contributed by atoms with Crippen molar-refractivity contribution in [2.24, 2.45) is 0 Å². The topological polar surface area (TPSA) is 47.9 Å². The summed E-state index contributed by atoms with van der Waals surface area (Å²) in [6, 6.07) is 5.86. The fourth-order valence-electron chi connectivity index (χ4n) is 0.448. The summed E-state index contributed by atoms with van der Waals surface area (Å²) < 4.78 is 0. The fraction of sp³-hybridized carbons (Fsp3) is 0.167. The number of pyridine rings is 1. The molecule has 0 radical (unpaired) electrons. The van der Waals surface area contributed by atoms with E-state index in [0.29, 0.717) is 0 Å². The summed E-state index contributed by atoms with van der Waals surface area (Å²) in [5, 5.41) is 0. The van der Waals surface area contributed by atoms with E-state index in [1.54, 1.807) is 6.20 Å². The van der Waals surface area contributed by atoms with E-state index in [-0.39, 0.29) is 52.0 Å². The molecule has 0 spiro atoms. The van der Waals surface area contributed by atoms with Crippen molar-refractivity contribution >= 4 is 24.8 Å². The summed E-state index contributed by atoms with van der Waals surface area (Å²) in [5.74, 6) is 0. The van der Waals surface area contributed by atoms with Crippen LogP contribution in [0.5, 0.6) is 0 Å². The molecule has 1 aromatic heterocycles. The quantitative estimate of drug-likeness (QED) is 0.754. The van der Waals surface area contributed by atoms with Gasteiger partial charge in [0.25, 0.3) is 0 Å². The first-order valence-corrected chi connectivity index (χ1v) is 2.27. The Kier molecular flexibility index (Phi) is 26.6. The number of halogens is 2. The van der Waals surface area contributed by atoms with Crippen LogP contribution in [-0.4, -0.2) is 4.98 Å². The summed E-state index contributed by atoms with van der Waals surface area (Å²) in [5.41, 5.74) is 1.07. The maximum Gasteiger partial charge on any atom is 0.0372 e. The molecule has 2 nitrogen and oxygen atoms in total. The van der Waals surface area contributed by atoms with Crippen molar-refractivity contribution in [2.75, 3.05) is 0 Å². The molecule has 11 heavy (non-hydrogen) atoms. The van der Waals surface area contributed by atoms with Gasteiger partial charge in [0.1, 0.15) is 0 Å². The Hall–Kier alpha value is 0.378. The first-order chi connectivity index (χ1) is 3.39. The Labute approximate surface area is 93.8 Å². The average molecular weight is 378 g/mol. The van der Waals surface area contributed by atoms with Gasteiger partial charge < -0.3 is 6.15 Å². The molecule has 0 saturated heterocycles. The molecule has 3 N–H and O–H groups in total. The van der Waals surface area contributed by atoms with Crippen LogP contribution in [0.2, 0.25) is 0 Å². The van der Waals surface area contributed by atoms with E-state index in [4.69, 9.17) is 0 Å². The van der Waals surface area contributed by atoms with Crippen molar-refractivity contribution in [3.63, 3.8) is 0 Å². The summed E-state index contributed by atoms with van der Waals surface area (Å²) in [7, 11) is 0. The Balaban J connectivity index is -0.0000000612. The maximum absolute atomic E-state index is 3.98. The van der Waals surface area contributed by atoms with Crippen LogP contribution in [0.4, 0.5) is 0 Å². The third-order valence-corrected chi connectivity index (χ3v) is 0.813. The minimum Gasteiger partial charge on any atom is -0.344 e. The van der Waals surface area contributed by atoms with Crippen LogP contribution in [0.25, 0.3) is 0 Å². The molecule has 0 atom stereocenters. The number of aryl methyl sites for hydroxylation is 1. The summed E-state index contributed by atoms with van der Waals surface area (Å²) >= 11 is 0. The molecule has 0 bridgehead atoms. The van der Waals surface area contributed by atoms with E-state index in [1.165, 1.54) is 0 Å². The van der Waals surface area contributed by atoms with Crippen LogP contribution in [-0.2, 0) is 21.1 Å². The number of aromatic nitrogens is 1. The van der Waals surface area contributed by atoms with Gasteiger partial charge in [-0.25, -0.2) is 0 Å². The SMILES string of the molecule is Cc1ccccn1.Cl.Cl.N.[Pt]. The van der Waals surface area contributed by atoms with Crippen molar-refractivity contribution in [3.05, 3.63) is 30.1 Å². The largest absolute Gasteiger partial charge is 0.344 e. The van der Waals surface area contributed by atoms with Crippen LogP contribution in [0, 0.1) is 6.92 Å². The van der Waals surface area contributed by atoms with E-state index in [2.05, 4.69) is 4.98 Å². The molecule has 0 saturated carbocycles. The van der Waals surface area contributed by atoms with Crippen molar-refractivity contribution in [3.8, 4) is 0 Å². The normalized spacial score (nSPS) is 5.55. The third-order valence-electron chi connectivity index (χ3n) is 0.813. The van der Waals surface area contributed by atoms with Gasteiger partial charge in [-0.05, 0) is 19.1 Å². The Bertz CT molecular complexity index is 149. The van der Waals surface area contributed by atoms with Gasteiger partial charge in [-0.15, -0.1) is 24.8 Å². The van der Waals surface area contributed by atoms with Crippen LogP contribution in [0.1, 0.15) is 5.69 Å². The van der Waals surface area contributed by atoms with Crippen LogP contribution < -0.4 is 6.15 Å². The molecule has 0 aromatic carbocycles. The summed E-state index contributed by atoms with van der Waals surface area (Å²) in [6.07, 6.45) is 1.79. The molecular formula is C6H12Cl2N2Pt. The van der Waals surface area contributed by atoms with E-state index < -0.39 is 0 Å². The molecular weight excluding hydrogens is 366 g/mol. The molecule has 0 unspecified atom stereocenters. The van der Waals surface area contributed by atoms with Gasteiger partial charge in [-0.3, -0.25) is 4.98 Å². The number of hydrogen-bond donors (Lipinski definition) is 1. The van der Waals surface area contributed by atoms with Crippen LogP contribution in [0.15, 0.2) is 24.4 Å². The molecule has 5 heteroatoms. The number of nitrogens with zero attached hydrogens (tertiary/aromatic N) is 1. The second-order valence-corrected chi connectivity index (χ2v) is 1.47. The molecule has 0 amide bonds. The van der Waals surface area contributed by atoms with Crippen molar-refractivity contribution < 1.29 is 21.1 Å². The Morgan fingerprint density at radius 1 is 1.18 bits per heavy atom. The van der Waals surface area contributed by atoms with Crippen LogP contribution >= 0.6 is 24.8 Å². The van der Waals surface area contributed by atoms with Gasteiger partial charge >= 0.3 is 0 Å².